The van der Waals surface area contributed by atoms with Crippen LogP contribution in [0.4, 0.5) is 15.8 Å². The lowest BCUT2D eigenvalue weighted by atomic mass is 10.0. The van der Waals surface area contributed by atoms with Gasteiger partial charge in [-0.3, -0.25) is 4.79 Å². The Morgan fingerprint density at radius 3 is 2.57 bits per heavy atom. The van der Waals surface area contributed by atoms with Crippen molar-refractivity contribution >= 4 is 28.1 Å². The van der Waals surface area contributed by atoms with Crippen molar-refractivity contribution in [3.63, 3.8) is 0 Å². The van der Waals surface area contributed by atoms with Crippen LogP contribution in [0.2, 0.25) is 0 Å². The van der Waals surface area contributed by atoms with Gasteiger partial charge in [0.05, 0.1) is 5.69 Å². The quantitative estimate of drug-likeness (QED) is 0.701. The Kier molecular flexibility index (Phi) is 3.28. The molecule has 1 amide bonds. The van der Waals surface area contributed by atoms with Gasteiger partial charge in [0.15, 0.2) is 0 Å². The Hall–Kier alpha value is -2.88. The van der Waals surface area contributed by atoms with Crippen LogP contribution >= 0.6 is 0 Å². The third-order valence-electron chi connectivity index (χ3n) is 3.29. The van der Waals surface area contributed by atoms with Crippen LogP contribution in [0.25, 0.3) is 10.8 Å². The van der Waals surface area contributed by atoms with E-state index >= 15 is 0 Å². The first-order valence-corrected chi connectivity index (χ1v) is 6.49. The highest BCUT2D eigenvalue weighted by atomic mass is 19.1. The largest absolute Gasteiger partial charge is 0.396 e. The zero-order valence-corrected chi connectivity index (χ0v) is 11.1. The number of carbonyl (C=O) groups is 1. The summed E-state index contributed by atoms with van der Waals surface area (Å²) in [5.74, 6) is -0.832. The number of halogens is 1. The predicted molar refractivity (Wildman–Crippen MR) is 82.7 cm³/mol. The minimum atomic E-state index is -0.550. The molecular formula is C17H13FN2O. The van der Waals surface area contributed by atoms with Gasteiger partial charge in [0.25, 0.3) is 5.91 Å². The molecule has 3 aromatic rings. The van der Waals surface area contributed by atoms with Crippen molar-refractivity contribution in [1.29, 1.82) is 0 Å². The third kappa shape index (κ3) is 2.56. The molecule has 0 heterocycles. The van der Waals surface area contributed by atoms with Crippen LogP contribution in [-0.4, -0.2) is 5.91 Å². The van der Waals surface area contributed by atoms with E-state index in [9.17, 15) is 9.18 Å². The number of hydrogen-bond donors (Lipinski definition) is 2. The van der Waals surface area contributed by atoms with Crippen molar-refractivity contribution in [3.05, 3.63) is 72.0 Å². The topological polar surface area (TPSA) is 55.1 Å². The second-order valence-electron chi connectivity index (χ2n) is 4.72. The van der Waals surface area contributed by atoms with Crippen LogP contribution in [0.3, 0.4) is 0 Å². The molecule has 0 atom stereocenters. The standard InChI is InChI=1S/C17H13FN2O/c18-15-10-12(8-9-16(15)19)20-17(21)14-7-3-5-11-4-1-2-6-13(11)14/h1-10H,19H2,(H,20,21). The normalized spacial score (nSPS) is 10.5. The highest BCUT2D eigenvalue weighted by molar-refractivity contribution is 6.12. The summed E-state index contributed by atoms with van der Waals surface area (Å²) in [6.07, 6.45) is 0. The van der Waals surface area contributed by atoms with Crippen LogP contribution < -0.4 is 11.1 Å². The third-order valence-corrected chi connectivity index (χ3v) is 3.29. The summed E-state index contributed by atoms with van der Waals surface area (Å²) in [7, 11) is 0. The fourth-order valence-corrected chi connectivity index (χ4v) is 2.23. The average Bonchev–Trinajstić information content (AvgIpc) is 2.50. The Bertz CT molecular complexity index is 825. The van der Waals surface area contributed by atoms with Crippen LogP contribution in [0, 0.1) is 5.82 Å². The Morgan fingerprint density at radius 2 is 1.76 bits per heavy atom. The van der Waals surface area contributed by atoms with E-state index in [-0.39, 0.29) is 11.6 Å². The van der Waals surface area contributed by atoms with Gasteiger partial charge in [0.1, 0.15) is 5.82 Å². The van der Waals surface area contributed by atoms with Gasteiger partial charge in [-0.15, -0.1) is 0 Å². The number of nitrogen functional groups attached to an aromatic ring is 1. The molecule has 4 heteroatoms. The van der Waals surface area contributed by atoms with E-state index in [4.69, 9.17) is 5.73 Å². The predicted octanol–water partition coefficient (Wildman–Crippen LogP) is 3.81. The Balaban J connectivity index is 1.95. The number of benzene rings is 3. The molecule has 0 saturated heterocycles. The molecule has 0 aliphatic rings. The fraction of sp³-hybridized carbons (Fsp3) is 0. The monoisotopic (exact) mass is 280 g/mol. The van der Waals surface area contributed by atoms with Gasteiger partial charge in [-0.1, -0.05) is 36.4 Å². The molecule has 0 radical (unpaired) electrons. The summed E-state index contributed by atoms with van der Waals surface area (Å²) in [5, 5.41) is 4.52. The van der Waals surface area contributed by atoms with Crippen molar-refractivity contribution in [3.8, 4) is 0 Å². The molecule has 3 N–H and O–H groups in total. The minimum Gasteiger partial charge on any atom is -0.396 e. The summed E-state index contributed by atoms with van der Waals surface area (Å²) in [5.41, 5.74) is 6.39. The smallest absolute Gasteiger partial charge is 0.256 e. The first-order valence-electron chi connectivity index (χ1n) is 6.49. The molecule has 0 bridgehead atoms. The van der Waals surface area contributed by atoms with E-state index in [1.165, 1.54) is 12.1 Å². The van der Waals surface area contributed by atoms with E-state index in [0.29, 0.717) is 11.3 Å². The first-order chi connectivity index (χ1) is 10.1. The lowest BCUT2D eigenvalue weighted by Gasteiger charge is -2.08. The maximum absolute atomic E-state index is 13.4. The van der Waals surface area contributed by atoms with Crippen molar-refractivity contribution < 1.29 is 9.18 Å². The zero-order valence-electron chi connectivity index (χ0n) is 11.1. The van der Waals surface area contributed by atoms with E-state index in [0.717, 1.165) is 10.8 Å². The molecule has 0 fully saturated rings. The van der Waals surface area contributed by atoms with Gasteiger partial charge in [0.2, 0.25) is 0 Å². The van der Waals surface area contributed by atoms with E-state index < -0.39 is 5.82 Å². The molecular weight excluding hydrogens is 267 g/mol. The van der Waals surface area contributed by atoms with Gasteiger partial charge in [-0.25, -0.2) is 4.39 Å². The lowest BCUT2D eigenvalue weighted by Crippen LogP contribution is -2.12. The van der Waals surface area contributed by atoms with Gasteiger partial charge in [0, 0.05) is 11.3 Å². The first kappa shape index (κ1) is 13.1. The summed E-state index contributed by atoms with van der Waals surface area (Å²) in [6, 6.07) is 17.3. The van der Waals surface area contributed by atoms with Crippen molar-refractivity contribution in [1.82, 2.24) is 0 Å². The van der Waals surface area contributed by atoms with Crippen LogP contribution in [0.5, 0.6) is 0 Å². The summed E-state index contributed by atoms with van der Waals surface area (Å²) < 4.78 is 13.4. The fourth-order valence-electron chi connectivity index (χ4n) is 2.23. The maximum atomic E-state index is 13.4. The molecule has 3 nitrogen and oxygen atoms in total. The number of nitrogens with one attached hydrogen (secondary N) is 1. The SMILES string of the molecule is Nc1ccc(NC(=O)c2cccc3ccccc23)cc1F. The van der Waals surface area contributed by atoms with E-state index in [1.54, 1.807) is 12.1 Å². The Morgan fingerprint density at radius 1 is 1.00 bits per heavy atom. The van der Waals surface area contributed by atoms with Gasteiger partial charge >= 0.3 is 0 Å². The molecule has 0 saturated carbocycles. The molecule has 0 aliphatic carbocycles. The second-order valence-corrected chi connectivity index (χ2v) is 4.72. The summed E-state index contributed by atoms with van der Waals surface area (Å²) in [6.45, 7) is 0. The van der Waals surface area contributed by atoms with Gasteiger partial charge in [-0.05, 0) is 35.0 Å². The number of nitrogens with two attached hydrogens (primary N) is 1. The number of fused-ring (bicyclic) bond motifs is 1. The van der Waals surface area contributed by atoms with Crippen molar-refractivity contribution in [2.45, 2.75) is 0 Å². The Labute approximate surface area is 121 Å². The highest BCUT2D eigenvalue weighted by Crippen LogP contribution is 2.21. The minimum absolute atomic E-state index is 0.0539. The van der Waals surface area contributed by atoms with E-state index in [1.807, 2.05) is 36.4 Å². The number of carbonyl (C=O) groups excluding carboxylic acids is 1. The lowest BCUT2D eigenvalue weighted by molar-refractivity contribution is 0.102. The van der Waals surface area contributed by atoms with Gasteiger partial charge < -0.3 is 11.1 Å². The molecule has 3 aromatic carbocycles. The molecule has 21 heavy (non-hydrogen) atoms. The summed E-state index contributed by atoms with van der Waals surface area (Å²) >= 11 is 0. The van der Waals surface area contributed by atoms with Crippen LogP contribution in [-0.2, 0) is 0 Å². The van der Waals surface area contributed by atoms with Gasteiger partial charge in [-0.2, -0.15) is 0 Å². The number of amides is 1. The van der Waals surface area contributed by atoms with Crippen LogP contribution in [0.15, 0.2) is 60.7 Å². The maximum Gasteiger partial charge on any atom is 0.256 e. The molecule has 0 aliphatic heterocycles. The molecule has 0 spiro atoms. The number of anilines is 2. The number of hydrogen-bond acceptors (Lipinski definition) is 2. The van der Waals surface area contributed by atoms with Crippen molar-refractivity contribution in [2.24, 2.45) is 0 Å². The molecule has 0 unspecified atom stereocenters. The van der Waals surface area contributed by atoms with E-state index in [2.05, 4.69) is 5.32 Å². The summed E-state index contributed by atoms with van der Waals surface area (Å²) in [4.78, 5) is 12.4. The average molecular weight is 280 g/mol. The van der Waals surface area contributed by atoms with Crippen LogP contribution in [0.1, 0.15) is 10.4 Å². The zero-order chi connectivity index (χ0) is 14.8. The van der Waals surface area contributed by atoms with Crippen molar-refractivity contribution in [2.75, 3.05) is 11.1 Å². The second kappa shape index (κ2) is 5.25. The number of rotatable bonds is 2. The molecule has 0 aromatic heterocycles. The highest BCUT2D eigenvalue weighted by Gasteiger charge is 2.10. The molecule has 104 valence electrons. The molecule has 3 rings (SSSR count).